The van der Waals surface area contributed by atoms with Crippen molar-refractivity contribution in [2.75, 3.05) is 13.1 Å². The van der Waals surface area contributed by atoms with Gasteiger partial charge in [0.25, 0.3) is 0 Å². The second-order valence-electron chi connectivity index (χ2n) is 4.98. The van der Waals surface area contributed by atoms with Crippen molar-refractivity contribution in [1.29, 1.82) is 0 Å². The van der Waals surface area contributed by atoms with E-state index < -0.39 is 0 Å². The van der Waals surface area contributed by atoms with Gasteiger partial charge in [0.15, 0.2) is 4.77 Å². The Morgan fingerprint density at radius 3 is 2.88 bits per heavy atom. The molecule has 3 nitrogen and oxygen atoms in total. The second-order valence-corrected chi connectivity index (χ2v) is 5.36. The predicted octanol–water partition coefficient (Wildman–Crippen LogP) is 2.52. The van der Waals surface area contributed by atoms with Crippen molar-refractivity contribution in [2.45, 2.75) is 44.7 Å². The Morgan fingerprint density at radius 2 is 2.19 bits per heavy atom. The third kappa shape index (κ3) is 1.74. The van der Waals surface area contributed by atoms with Crippen LogP contribution in [0.1, 0.15) is 37.9 Å². The van der Waals surface area contributed by atoms with Crippen LogP contribution in [0.2, 0.25) is 0 Å². The molecule has 1 saturated carbocycles. The lowest BCUT2D eigenvalue weighted by Gasteiger charge is -2.17. The molecule has 1 unspecified atom stereocenters. The molecule has 1 N–H and O–H groups in total. The van der Waals surface area contributed by atoms with Crippen LogP contribution < -0.4 is 0 Å². The van der Waals surface area contributed by atoms with Crippen LogP contribution in [0.5, 0.6) is 0 Å². The Morgan fingerprint density at radius 1 is 1.38 bits per heavy atom. The first-order chi connectivity index (χ1) is 7.79. The van der Waals surface area contributed by atoms with Crippen molar-refractivity contribution in [2.24, 2.45) is 0 Å². The van der Waals surface area contributed by atoms with Gasteiger partial charge in [-0.15, -0.1) is 0 Å². The molecule has 0 aromatic carbocycles. The van der Waals surface area contributed by atoms with Crippen LogP contribution in [0.15, 0.2) is 6.20 Å². The minimum Gasteiger partial charge on any atom is -0.337 e. The second kappa shape index (κ2) is 4.00. The SMILES string of the molecule is CCc1c[nH]c(=S)n1C1CCN(C2CC2)C1. The van der Waals surface area contributed by atoms with Gasteiger partial charge in [0, 0.05) is 31.0 Å². The zero-order valence-electron chi connectivity index (χ0n) is 9.78. The maximum Gasteiger partial charge on any atom is 0.177 e. The Hall–Kier alpha value is -0.610. The molecule has 0 amide bonds. The number of aromatic amines is 1. The summed E-state index contributed by atoms with van der Waals surface area (Å²) in [5, 5.41) is 0. The molecule has 2 heterocycles. The minimum absolute atomic E-state index is 0.606. The molecule has 0 bridgehead atoms. The van der Waals surface area contributed by atoms with Crippen LogP contribution in [0.25, 0.3) is 0 Å². The standard InChI is InChI=1S/C12H19N3S/c1-2-9-7-13-12(16)15(9)11-5-6-14(8-11)10-3-4-10/h7,10-11H,2-6,8H2,1H3,(H,13,16). The average molecular weight is 237 g/mol. The van der Waals surface area contributed by atoms with Gasteiger partial charge in [-0.3, -0.25) is 4.90 Å². The number of nitrogens with one attached hydrogen (secondary N) is 1. The van der Waals surface area contributed by atoms with E-state index >= 15 is 0 Å². The molecule has 0 spiro atoms. The Labute approximate surface area is 101 Å². The van der Waals surface area contributed by atoms with E-state index in [1.54, 1.807) is 0 Å². The molecule has 1 saturated heterocycles. The van der Waals surface area contributed by atoms with Gasteiger partial charge in [0.1, 0.15) is 0 Å². The van der Waals surface area contributed by atoms with E-state index in [-0.39, 0.29) is 0 Å². The summed E-state index contributed by atoms with van der Waals surface area (Å²) in [4.78, 5) is 5.82. The zero-order valence-corrected chi connectivity index (χ0v) is 10.6. The lowest BCUT2D eigenvalue weighted by Crippen LogP contribution is -2.24. The summed E-state index contributed by atoms with van der Waals surface area (Å²) >= 11 is 5.38. The lowest BCUT2D eigenvalue weighted by molar-refractivity contribution is 0.312. The number of imidazole rings is 1. The van der Waals surface area contributed by atoms with E-state index in [1.165, 1.54) is 38.0 Å². The van der Waals surface area contributed by atoms with Crippen molar-refractivity contribution in [3.05, 3.63) is 16.7 Å². The van der Waals surface area contributed by atoms with Crippen molar-refractivity contribution in [3.8, 4) is 0 Å². The molecule has 3 rings (SSSR count). The smallest absolute Gasteiger partial charge is 0.177 e. The summed E-state index contributed by atoms with van der Waals surface area (Å²) in [5.74, 6) is 0. The zero-order chi connectivity index (χ0) is 11.1. The topological polar surface area (TPSA) is 24.0 Å². The van der Waals surface area contributed by atoms with Crippen LogP contribution in [-0.4, -0.2) is 33.6 Å². The van der Waals surface area contributed by atoms with Crippen LogP contribution in [0.4, 0.5) is 0 Å². The summed E-state index contributed by atoms with van der Waals surface area (Å²) in [6, 6.07) is 1.50. The molecule has 2 aliphatic rings. The van der Waals surface area contributed by atoms with E-state index in [4.69, 9.17) is 12.2 Å². The highest BCUT2D eigenvalue weighted by Gasteiger charge is 2.35. The van der Waals surface area contributed by atoms with Gasteiger partial charge in [-0.1, -0.05) is 6.92 Å². The van der Waals surface area contributed by atoms with E-state index in [0.717, 1.165) is 17.2 Å². The predicted molar refractivity (Wildman–Crippen MR) is 67.2 cm³/mol. The summed E-state index contributed by atoms with van der Waals surface area (Å²) in [6.45, 7) is 4.65. The van der Waals surface area contributed by atoms with Crippen LogP contribution in [0.3, 0.4) is 0 Å². The average Bonchev–Trinajstić information content (AvgIpc) is 2.91. The first-order valence-corrected chi connectivity index (χ1v) is 6.73. The Kier molecular flexibility index (Phi) is 2.64. The largest absolute Gasteiger partial charge is 0.337 e. The summed E-state index contributed by atoms with van der Waals surface area (Å²) in [5.41, 5.74) is 1.35. The van der Waals surface area contributed by atoms with Crippen molar-refractivity contribution in [1.82, 2.24) is 14.5 Å². The maximum absolute atomic E-state index is 5.38. The molecule has 1 aliphatic heterocycles. The van der Waals surface area contributed by atoms with E-state index in [9.17, 15) is 0 Å². The van der Waals surface area contributed by atoms with Crippen molar-refractivity contribution >= 4 is 12.2 Å². The summed E-state index contributed by atoms with van der Waals surface area (Å²) in [6.07, 6.45) is 7.21. The van der Waals surface area contributed by atoms with Gasteiger partial charge in [-0.25, -0.2) is 0 Å². The first kappa shape index (κ1) is 10.5. The highest BCUT2D eigenvalue weighted by atomic mass is 32.1. The molecule has 2 fully saturated rings. The number of hydrogen-bond donors (Lipinski definition) is 1. The van der Waals surface area contributed by atoms with E-state index in [0.29, 0.717) is 6.04 Å². The molecule has 1 aromatic rings. The number of H-pyrrole nitrogens is 1. The third-order valence-corrected chi connectivity index (χ3v) is 4.19. The van der Waals surface area contributed by atoms with Gasteiger partial charge >= 0.3 is 0 Å². The monoisotopic (exact) mass is 237 g/mol. The lowest BCUT2D eigenvalue weighted by atomic mass is 10.2. The van der Waals surface area contributed by atoms with Crippen LogP contribution >= 0.6 is 12.2 Å². The van der Waals surface area contributed by atoms with Crippen molar-refractivity contribution in [3.63, 3.8) is 0 Å². The maximum atomic E-state index is 5.38. The molecular formula is C12H19N3S. The number of nitrogens with zero attached hydrogens (tertiary/aromatic N) is 2. The Balaban J connectivity index is 1.81. The van der Waals surface area contributed by atoms with E-state index in [2.05, 4.69) is 27.6 Å². The molecule has 1 aromatic heterocycles. The van der Waals surface area contributed by atoms with E-state index in [1.807, 2.05) is 0 Å². The number of aromatic nitrogens is 2. The molecule has 16 heavy (non-hydrogen) atoms. The molecular weight excluding hydrogens is 218 g/mol. The number of hydrogen-bond acceptors (Lipinski definition) is 2. The summed E-state index contributed by atoms with van der Waals surface area (Å²) < 4.78 is 3.25. The van der Waals surface area contributed by atoms with Gasteiger partial charge in [-0.05, 0) is 37.9 Å². The fraction of sp³-hybridized carbons (Fsp3) is 0.750. The van der Waals surface area contributed by atoms with Crippen LogP contribution in [0, 0.1) is 4.77 Å². The quantitative estimate of drug-likeness (QED) is 0.817. The Bertz CT molecular complexity index is 430. The summed E-state index contributed by atoms with van der Waals surface area (Å²) in [7, 11) is 0. The highest BCUT2D eigenvalue weighted by Crippen LogP contribution is 2.34. The minimum atomic E-state index is 0.606. The van der Waals surface area contributed by atoms with Gasteiger partial charge in [0.2, 0.25) is 0 Å². The van der Waals surface area contributed by atoms with Crippen LogP contribution in [-0.2, 0) is 6.42 Å². The molecule has 1 aliphatic carbocycles. The normalized spacial score (nSPS) is 26.4. The first-order valence-electron chi connectivity index (χ1n) is 6.32. The number of aryl methyl sites for hydroxylation is 1. The van der Waals surface area contributed by atoms with Gasteiger partial charge < -0.3 is 9.55 Å². The molecule has 1 atom stereocenters. The highest BCUT2D eigenvalue weighted by molar-refractivity contribution is 7.71. The molecule has 4 heteroatoms. The third-order valence-electron chi connectivity index (χ3n) is 3.88. The van der Waals surface area contributed by atoms with Gasteiger partial charge in [-0.2, -0.15) is 0 Å². The number of likely N-dealkylation sites (tertiary alicyclic amines) is 1. The molecule has 88 valence electrons. The van der Waals surface area contributed by atoms with Crippen molar-refractivity contribution < 1.29 is 0 Å². The number of rotatable bonds is 3. The van der Waals surface area contributed by atoms with Gasteiger partial charge in [0.05, 0.1) is 6.04 Å². The fourth-order valence-corrected chi connectivity index (χ4v) is 3.16. The molecule has 0 radical (unpaired) electrons. The fourth-order valence-electron chi connectivity index (χ4n) is 2.84.